The number of aliphatic hydroxyl groups is 1. The summed E-state index contributed by atoms with van der Waals surface area (Å²) in [5.41, 5.74) is 0.455. The van der Waals surface area contributed by atoms with Gasteiger partial charge in [0.15, 0.2) is 11.5 Å². The number of rotatable bonds is 4. The van der Waals surface area contributed by atoms with Crippen molar-refractivity contribution < 1.29 is 23.4 Å². The van der Waals surface area contributed by atoms with Gasteiger partial charge in [-0.3, -0.25) is 0 Å². The van der Waals surface area contributed by atoms with E-state index in [-0.39, 0.29) is 11.1 Å². The van der Waals surface area contributed by atoms with Crippen LogP contribution < -0.4 is 9.47 Å². The van der Waals surface area contributed by atoms with Crippen LogP contribution in [0.15, 0.2) is 30.3 Å². The number of aryl methyl sites for hydroxylation is 1. The third-order valence-electron chi connectivity index (χ3n) is 3.30. The maximum absolute atomic E-state index is 13.9. The Bertz CT molecular complexity index is 656. The van der Waals surface area contributed by atoms with Crippen LogP contribution in [0.4, 0.5) is 8.78 Å². The molecule has 1 unspecified atom stereocenters. The molecule has 0 heterocycles. The normalized spacial score (nSPS) is 12.1. The van der Waals surface area contributed by atoms with Crippen molar-refractivity contribution >= 4 is 0 Å². The maximum atomic E-state index is 13.9. The Morgan fingerprint density at radius 3 is 2.24 bits per heavy atom. The number of aliphatic hydroxyl groups excluding tert-OH is 1. The van der Waals surface area contributed by atoms with Gasteiger partial charge in [0.05, 0.1) is 14.2 Å². The van der Waals surface area contributed by atoms with Gasteiger partial charge in [-0.05, 0) is 42.3 Å². The van der Waals surface area contributed by atoms with Crippen molar-refractivity contribution in [3.8, 4) is 11.5 Å². The first-order chi connectivity index (χ1) is 9.97. The summed E-state index contributed by atoms with van der Waals surface area (Å²) in [4.78, 5) is 0. The van der Waals surface area contributed by atoms with Gasteiger partial charge in [-0.2, -0.15) is 0 Å². The molecule has 0 saturated heterocycles. The number of hydrogen-bond acceptors (Lipinski definition) is 3. The fourth-order valence-electron chi connectivity index (χ4n) is 2.07. The van der Waals surface area contributed by atoms with E-state index in [0.717, 1.165) is 12.1 Å². The fraction of sp³-hybridized carbons (Fsp3) is 0.250. The minimum Gasteiger partial charge on any atom is -0.493 e. The number of methoxy groups -OCH3 is 2. The van der Waals surface area contributed by atoms with Crippen molar-refractivity contribution in [3.63, 3.8) is 0 Å². The molecule has 1 N–H and O–H groups in total. The quantitative estimate of drug-likeness (QED) is 0.939. The summed E-state index contributed by atoms with van der Waals surface area (Å²) in [7, 11) is 2.95. The molecule has 2 aromatic rings. The molecule has 0 spiro atoms. The Morgan fingerprint density at radius 1 is 0.952 bits per heavy atom. The van der Waals surface area contributed by atoms with Crippen molar-refractivity contribution in [3.05, 3.63) is 58.7 Å². The van der Waals surface area contributed by atoms with Gasteiger partial charge in [-0.15, -0.1) is 0 Å². The van der Waals surface area contributed by atoms with E-state index < -0.39 is 17.7 Å². The van der Waals surface area contributed by atoms with Crippen LogP contribution in [-0.2, 0) is 0 Å². The minimum absolute atomic E-state index is 0.120. The van der Waals surface area contributed by atoms with Gasteiger partial charge in [-0.25, -0.2) is 8.78 Å². The number of halogens is 2. The number of hydrogen-bond donors (Lipinski definition) is 1. The lowest BCUT2D eigenvalue weighted by atomic mass is 9.99. The molecule has 0 aliphatic carbocycles. The van der Waals surface area contributed by atoms with Crippen molar-refractivity contribution in [2.75, 3.05) is 14.2 Å². The lowest BCUT2D eigenvalue weighted by Crippen LogP contribution is -2.05. The van der Waals surface area contributed by atoms with E-state index in [1.54, 1.807) is 12.1 Å². The second-order valence-electron chi connectivity index (χ2n) is 4.64. The van der Waals surface area contributed by atoms with Gasteiger partial charge in [0.2, 0.25) is 0 Å². The van der Waals surface area contributed by atoms with E-state index in [9.17, 15) is 13.9 Å². The van der Waals surface area contributed by atoms with Gasteiger partial charge in [0.1, 0.15) is 17.7 Å². The SMILES string of the molecule is COc1ccc(C(O)c2cc(F)c(C)cc2F)cc1OC. The smallest absolute Gasteiger partial charge is 0.161 e. The highest BCUT2D eigenvalue weighted by molar-refractivity contribution is 5.45. The van der Waals surface area contributed by atoms with Crippen LogP contribution in [-0.4, -0.2) is 19.3 Å². The fourth-order valence-corrected chi connectivity index (χ4v) is 2.07. The minimum atomic E-state index is -1.29. The molecule has 21 heavy (non-hydrogen) atoms. The molecule has 2 aromatic carbocycles. The predicted molar refractivity (Wildman–Crippen MR) is 74.7 cm³/mol. The molecule has 0 aliphatic rings. The molecular weight excluding hydrogens is 278 g/mol. The number of benzene rings is 2. The Balaban J connectivity index is 2.45. The summed E-state index contributed by atoms with van der Waals surface area (Å²) in [6.07, 6.45) is -1.29. The Labute approximate surface area is 121 Å². The molecule has 0 fully saturated rings. The zero-order chi connectivity index (χ0) is 15.6. The highest BCUT2D eigenvalue weighted by atomic mass is 19.1. The van der Waals surface area contributed by atoms with Crippen LogP contribution >= 0.6 is 0 Å². The Hall–Kier alpha value is -2.14. The molecule has 0 radical (unpaired) electrons. The first kappa shape index (κ1) is 15.3. The summed E-state index contributed by atoms with van der Waals surface area (Å²) in [6.45, 7) is 1.46. The monoisotopic (exact) mass is 294 g/mol. The first-order valence-electron chi connectivity index (χ1n) is 6.33. The van der Waals surface area contributed by atoms with Crippen LogP contribution in [0.3, 0.4) is 0 Å². The summed E-state index contributed by atoms with van der Waals surface area (Å²) in [5.74, 6) is -0.326. The summed E-state index contributed by atoms with van der Waals surface area (Å²) < 4.78 is 37.7. The predicted octanol–water partition coefficient (Wildman–Crippen LogP) is 3.37. The van der Waals surface area contributed by atoms with Crippen molar-refractivity contribution in [1.82, 2.24) is 0 Å². The molecule has 0 bridgehead atoms. The average Bonchev–Trinajstić information content (AvgIpc) is 2.49. The third kappa shape index (κ3) is 2.97. The van der Waals surface area contributed by atoms with Crippen LogP contribution in [0.1, 0.15) is 22.8 Å². The van der Waals surface area contributed by atoms with E-state index >= 15 is 0 Å². The van der Waals surface area contributed by atoms with Gasteiger partial charge in [-0.1, -0.05) is 6.07 Å². The van der Waals surface area contributed by atoms with E-state index in [1.165, 1.54) is 27.2 Å². The van der Waals surface area contributed by atoms with Crippen LogP contribution in [0.2, 0.25) is 0 Å². The van der Waals surface area contributed by atoms with E-state index in [2.05, 4.69) is 0 Å². The van der Waals surface area contributed by atoms with Crippen molar-refractivity contribution in [2.45, 2.75) is 13.0 Å². The molecule has 0 aromatic heterocycles. The lowest BCUT2D eigenvalue weighted by molar-refractivity contribution is 0.213. The Morgan fingerprint density at radius 2 is 1.62 bits per heavy atom. The van der Waals surface area contributed by atoms with E-state index in [0.29, 0.717) is 17.1 Å². The van der Waals surface area contributed by atoms with Crippen molar-refractivity contribution in [1.29, 1.82) is 0 Å². The highest BCUT2D eigenvalue weighted by Crippen LogP contribution is 2.33. The van der Waals surface area contributed by atoms with Gasteiger partial charge < -0.3 is 14.6 Å². The Kier molecular flexibility index (Phi) is 4.43. The van der Waals surface area contributed by atoms with E-state index in [1.807, 2.05) is 0 Å². The van der Waals surface area contributed by atoms with Crippen LogP contribution in [0, 0.1) is 18.6 Å². The second-order valence-corrected chi connectivity index (χ2v) is 4.64. The van der Waals surface area contributed by atoms with E-state index in [4.69, 9.17) is 9.47 Å². The molecule has 0 saturated carbocycles. The maximum Gasteiger partial charge on any atom is 0.161 e. The molecule has 0 aliphatic heterocycles. The molecule has 0 amide bonds. The zero-order valence-electron chi connectivity index (χ0n) is 12.0. The largest absolute Gasteiger partial charge is 0.493 e. The summed E-state index contributed by atoms with van der Waals surface area (Å²) in [6, 6.07) is 6.77. The van der Waals surface area contributed by atoms with Crippen LogP contribution in [0.25, 0.3) is 0 Å². The first-order valence-corrected chi connectivity index (χ1v) is 6.33. The van der Waals surface area contributed by atoms with Gasteiger partial charge >= 0.3 is 0 Å². The second kappa shape index (κ2) is 6.10. The topological polar surface area (TPSA) is 38.7 Å². The van der Waals surface area contributed by atoms with Crippen molar-refractivity contribution in [2.24, 2.45) is 0 Å². The zero-order valence-corrected chi connectivity index (χ0v) is 12.0. The number of ether oxygens (including phenoxy) is 2. The van der Waals surface area contributed by atoms with Crippen LogP contribution in [0.5, 0.6) is 11.5 Å². The molecule has 2 rings (SSSR count). The molecular formula is C16H16F2O3. The molecule has 1 atom stereocenters. The lowest BCUT2D eigenvalue weighted by Gasteiger charge is -2.15. The standard InChI is InChI=1S/C16H16F2O3/c1-9-6-13(18)11(8-12(9)17)16(19)10-4-5-14(20-2)15(7-10)21-3/h4-8,16,19H,1-3H3. The summed E-state index contributed by atoms with van der Waals surface area (Å²) in [5, 5.41) is 10.3. The average molecular weight is 294 g/mol. The molecule has 3 nitrogen and oxygen atoms in total. The highest BCUT2D eigenvalue weighted by Gasteiger charge is 2.19. The summed E-state index contributed by atoms with van der Waals surface area (Å²) >= 11 is 0. The molecule has 112 valence electrons. The molecule has 5 heteroatoms. The third-order valence-corrected chi connectivity index (χ3v) is 3.30. The van der Waals surface area contributed by atoms with Gasteiger partial charge in [0, 0.05) is 5.56 Å². The van der Waals surface area contributed by atoms with Gasteiger partial charge in [0.25, 0.3) is 0 Å².